The van der Waals surface area contributed by atoms with Gasteiger partial charge in [0.05, 0.1) is 0 Å². The van der Waals surface area contributed by atoms with Crippen LogP contribution < -0.4 is 0 Å². The summed E-state index contributed by atoms with van der Waals surface area (Å²) in [6.45, 7) is 7.34. The first-order valence-corrected chi connectivity index (χ1v) is 5.50. The van der Waals surface area contributed by atoms with Crippen molar-refractivity contribution in [2.45, 2.75) is 26.8 Å². The Labute approximate surface area is 91.8 Å². The van der Waals surface area contributed by atoms with Crippen LogP contribution in [0, 0.1) is 6.92 Å². The Morgan fingerprint density at radius 3 is 2.80 bits per heavy atom. The fourth-order valence-electron chi connectivity index (χ4n) is 1.61. The number of pyridine rings is 1. The zero-order chi connectivity index (χ0) is 11.1. The van der Waals surface area contributed by atoms with Crippen LogP contribution in [0.4, 0.5) is 0 Å². The summed E-state index contributed by atoms with van der Waals surface area (Å²) in [6.07, 6.45) is 4.62. The van der Waals surface area contributed by atoms with Crippen LogP contribution in [-0.2, 0) is 6.54 Å². The summed E-state index contributed by atoms with van der Waals surface area (Å²) >= 11 is 0. The van der Waals surface area contributed by atoms with Crippen molar-refractivity contribution in [3.8, 4) is 0 Å². The zero-order valence-electron chi connectivity index (χ0n) is 9.61. The van der Waals surface area contributed by atoms with Crippen LogP contribution >= 0.6 is 0 Å². The van der Waals surface area contributed by atoms with Crippen molar-refractivity contribution in [2.24, 2.45) is 0 Å². The Balaban J connectivity index is 2.50. The molecule has 0 aliphatic rings. The van der Waals surface area contributed by atoms with E-state index in [1.807, 2.05) is 12.4 Å². The van der Waals surface area contributed by atoms with Crippen LogP contribution in [0.3, 0.4) is 0 Å². The predicted molar refractivity (Wildman–Crippen MR) is 61.6 cm³/mol. The first-order valence-electron chi connectivity index (χ1n) is 5.50. The topological polar surface area (TPSA) is 36.4 Å². The van der Waals surface area contributed by atoms with Gasteiger partial charge in [-0.1, -0.05) is 13.0 Å². The summed E-state index contributed by atoms with van der Waals surface area (Å²) in [5, 5.41) is 8.78. The minimum atomic E-state index is 0.266. The maximum absolute atomic E-state index is 8.78. The summed E-state index contributed by atoms with van der Waals surface area (Å²) in [4.78, 5) is 6.49. The van der Waals surface area contributed by atoms with Gasteiger partial charge in [0.2, 0.25) is 0 Å². The highest BCUT2D eigenvalue weighted by molar-refractivity contribution is 5.16. The molecule has 0 unspecified atom stereocenters. The Kier molecular flexibility index (Phi) is 5.29. The molecule has 0 aliphatic heterocycles. The van der Waals surface area contributed by atoms with Gasteiger partial charge in [0.15, 0.2) is 0 Å². The van der Waals surface area contributed by atoms with Gasteiger partial charge in [-0.25, -0.2) is 0 Å². The normalized spacial score (nSPS) is 10.9. The number of aryl methyl sites for hydroxylation is 1. The van der Waals surface area contributed by atoms with Crippen LogP contribution in [0.25, 0.3) is 0 Å². The second-order valence-electron chi connectivity index (χ2n) is 3.82. The number of nitrogens with zero attached hydrogens (tertiary/aromatic N) is 2. The summed E-state index contributed by atoms with van der Waals surface area (Å²) in [7, 11) is 0. The molecule has 0 radical (unpaired) electrons. The monoisotopic (exact) mass is 208 g/mol. The molecule has 0 aromatic carbocycles. The molecular weight excluding hydrogens is 188 g/mol. The highest BCUT2D eigenvalue weighted by Gasteiger charge is 2.03. The quantitative estimate of drug-likeness (QED) is 0.771. The van der Waals surface area contributed by atoms with Crippen molar-refractivity contribution < 1.29 is 5.11 Å². The van der Waals surface area contributed by atoms with Crippen LogP contribution in [-0.4, -0.2) is 34.7 Å². The predicted octanol–water partition coefficient (Wildman–Crippen LogP) is 1.59. The minimum absolute atomic E-state index is 0.266. The van der Waals surface area contributed by atoms with Crippen molar-refractivity contribution in [3.05, 3.63) is 29.6 Å². The average Bonchev–Trinajstić information content (AvgIpc) is 2.24. The van der Waals surface area contributed by atoms with Crippen molar-refractivity contribution in [1.29, 1.82) is 0 Å². The zero-order valence-corrected chi connectivity index (χ0v) is 9.61. The molecule has 3 nitrogen and oxygen atoms in total. The number of hydrogen-bond donors (Lipinski definition) is 1. The van der Waals surface area contributed by atoms with E-state index in [-0.39, 0.29) is 6.61 Å². The lowest BCUT2D eigenvalue weighted by atomic mass is 10.2. The van der Waals surface area contributed by atoms with Crippen LogP contribution in [0.2, 0.25) is 0 Å². The fraction of sp³-hybridized carbons (Fsp3) is 0.583. The number of rotatable bonds is 6. The molecule has 84 valence electrons. The van der Waals surface area contributed by atoms with E-state index in [0.717, 1.165) is 26.1 Å². The lowest BCUT2D eigenvalue weighted by molar-refractivity contribution is 0.225. The summed E-state index contributed by atoms with van der Waals surface area (Å²) < 4.78 is 0. The van der Waals surface area contributed by atoms with Gasteiger partial charge in [0.1, 0.15) is 0 Å². The highest BCUT2D eigenvalue weighted by atomic mass is 16.3. The SMILES string of the molecule is CCN(CCCO)Cc1cncc(C)c1. The van der Waals surface area contributed by atoms with Gasteiger partial charge in [-0.15, -0.1) is 0 Å². The Morgan fingerprint density at radius 1 is 1.40 bits per heavy atom. The summed E-state index contributed by atoms with van der Waals surface area (Å²) in [5.74, 6) is 0. The molecule has 0 spiro atoms. The molecule has 3 heteroatoms. The molecule has 1 N–H and O–H groups in total. The van der Waals surface area contributed by atoms with E-state index in [9.17, 15) is 0 Å². The van der Waals surface area contributed by atoms with Gasteiger partial charge in [-0.3, -0.25) is 9.88 Å². The first kappa shape index (κ1) is 12.1. The number of hydrogen-bond acceptors (Lipinski definition) is 3. The molecule has 0 amide bonds. The van der Waals surface area contributed by atoms with Crippen LogP contribution in [0.15, 0.2) is 18.5 Å². The lowest BCUT2D eigenvalue weighted by Crippen LogP contribution is -2.24. The van der Waals surface area contributed by atoms with E-state index in [1.54, 1.807) is 0 Å². The second-order valence-corrected chi connectivity index (χ2v) is 3.82. The molecule has 0 fully saturated rings. The number of aliphatic hydroxyl groups is 1. The number of aromatic nitrogens is 1. The van der Waals surface area contributed by atoms with E-state index < -0.39 is 0 Å². The van der Waals surface area contributed by atoms with Crippen molar-refractivity contribution in [1.82, 2.24) is 9.88 Å². The van der Waals surface area contributed by atoms with Crippen molar-refractivity contribution >= 4 is 0 Å². The Bertz CT molecular complexity index is 289. The average molecular weight is 208 g/mol. The van der Waals surface area contributed by atoms with E-state index in [1.165, 1.54) is 11.1 Å². The third-order valence-electron chi connectivity index (χ3n) is 2.42. The molecule has 1 heterocycles. The first-order chi connectivity index (χ1) is 7.26. The second kappa shape index (κ2) is 6.53. The van der Waals surface area contributed by atoms with Crippen LogP contribution in [0.5, 0.6) is 0 Å². The maximum Gasteiger partial charge on any atom is 0.0443 e. The van der Waals surface area contributed by atoms with Gasteiger partial charge < -0.3 is 5.11 Å². The van der Waals surface area contributed by atoms with Crippen molar-refractivity contribution in [2.75, 3.05) is 19.7 Å². The van der Waals surface area contributed by atoms with Crippen LogP contribution in [0.1, 0.15) is 24.5 Å². The third kappa shape index (κ3) is 4.40. The van der Waals surface area contributed by atoms with Gasteiger partial charge in [-0.05, 0) is 31.0 Å². The molecule has 1 aromatic rings. The molecule has 0 saturated carbocycles. The highest BCUT2D eigenvalue weighted by Crippen LogP contribution is 2.05. The Morgan fingerprint density at radius 2 is 2.20 bits per heavy atom. The number of aliphatic hydroxyl groups excluding tert-OH is 1. The minimum Gasteiger partial charge on any atom is -0.396 e. The molecule has 0 bridgehead atoms. The largest absolute Gasteiger partial charge is 0.396 e. The molecule has 0 atom stereocenters. The van der Waals surface area contributed by atoms with E-state index in [2.05, 4.69) is 29.8 Å². The smallest absolute Gasteiger partial charge is 0.0443 e. The maximum atomic E-state index is 8.78. The van der Waals surface area contributed by atoms with Gasteiger partial charge in [-0.2, -0.15) is 0 Å². The standard InChI is InChI=1S/C12H20N2O/c1-3-14(5-4-6-15)10-12-7-11(2)8-13-9-12/h7-9,15H,3-6,10H2,1-2H3. The van der Waals surface area contributed by atoms with E-state index >= 15 is 0 Å². The molecule has 1 rings (SSSR count). The lowest BCUT2D eigenvalue weighted by Gasteiger charge is -2.19. The molecule has 15 heavy (non-hydrogen) atoms. The van der Waals surface area contributed by atoms with Gasteiger partial charge >= 0.3 is 0 Å². The molecule has 0 saturated heterocycles. The summed E-state index contributed by atoms with van der Waals surface area (Å²) in [5.41, 5.74) is 2.44. The third-order valence-corrected chi connectivity index (χ3v) is 2.42. The molecular formula is C12H20N2O. The molecule has 1 aromatic heterocycles. The van der Waals surface area contributed by atoms with E-state index in [0.29, 0.717) is 0 Å². The summed E-state index contributed by atoms with van der Waals surface area (Å²) in [6, 6.07) is 2.16. The van der Waals surface area contributed by atoms with E-state index in [4.69, 9.17) is 5.11 Å². The molecule has 0 aliphatic carbocycles. The Hall–Kier alpha value is -0.930. The fourth-order valence-corrected chi connectivity index (χ4v) is 1.61. The van der Waals surface area contributed by atoms with Gasteiger partial charge in [0.25, 0.3) is 0 Å². The van der Waals surface area contributed by atoms with Crippen molar-refractivity contribution in [3.63, 3.8) is 0 Å². The van der Waals surface area contributed by atoms with Gasteiger partial charge in [0, 0.05) is 32.1 Å².